The minimum atomic E-state index is -1.64. The number of hydrogen-bond acceptors (Lipinski definition) is 2. The van der Waals surface area contributed by atoms with Crippen molar-refractivity contribution in [1.29, 1.82) is 0 Å². The van der Waals surface area contributed by atoms with E-state index in [0.717, 1.165) is 10.8 Å². The second-order valence-corrected chi connectivity index (χ2v) is 5.24. The van der Waals surface area contributed by atoms with Gasteiger partial charge in [-0.2, -0.15) is 0 Å². The molecular formula is C18H13NO2. The van der Waals surface area contributed by atoms with Crippen LogP contribution in [0.5, 0.6) is 0 Å². The summed E-state index contributed by atoms with van der Waals surface area (Å²) in [5.74, 6) is -0.403. The summed E-state index contributed by atoms with van der Waals surface area (Å²) in [6.45, 7) is 0. The Kier molecular flexibility index (Phi) is 2.41. The van der Waals surface area contributed by atoms with E-state index in [4.69, 9.17) is 0 Å². The number of carbonyl (C=O) groups is 1. The highest BCUT2D eigenvalue weighted by Crippen LogP contribution is 2.42. The topological polar surface area (TPSA) is 49.3 Å². The molecule has 0 fully saturated rings. The number of para-hydroxylation sites is 1. The Morgan fingerprint density at radius 1 is 0.810 bits per heavy atom. The van der Waals surface area contributed by atoms with Gasteiger partial charge in [0.15, 0.2) is 5.60 Å². The van der Waals surface area contributed by atoms with Gasteiger partial charge in [0.05, 0.1) is 0 Å². The molecule has 0 saturated heterocycles. The molecule has 1 atom stereocenters. The normalized spacial score (nSPS) is 20.3. The van der Waals surface area contributed by atoms with E-state index in [9.17, 15) is 9.90 Å². The smallest absolute Gasteiger partial charge is 0.265 e. The summed E-state index contributed by atoms with van der Waals surface area (Å²) >= 11 is 0. The third-order valence-electron chi connectivity index (χ3n) is 4.07. The Labute approximate surface area is 121 Å². The first kappa shape index (κ1) is 12.1. The van der Waals surface area contributed by atoms with Crippen LogP contribution in [0.2, 0.25) is 0 Å². The molecule has 1 amide bonds. The molecule has 0 bridgehead atoms. The standard InChI is InChI=1S/C18H13NO2/c20-17-18(21,15-9-3-4-11-16(15)19-17)14-10-5-7-12-6-1-2-8-13(12)14/h1-11,21H,(H,19,20). The first-order chi connectivity index (χ1) is 10.2. The Hall–Kier alpha value is -2.65. The Bertz CT molecular complexity index is 866. The average Bonchev–Trinajstić information content (AvgIpc) is 2.79. The Morgan fingerprint density at radius 3 is 2.38 bits per heavy atom. The van der Waals surface area contributed by atoms with Gasteiger partial charge in [0, 0.05) is 16.8 Å². The molecule has 1 aliphatic rings. The summed E-state index contributed by atoms with van der Waals surface area (Å²) < 4.78 is 0. The first-order valence-electron chi connectivity index (χ1n) is 6.83. The fraction of sp³-hybridized carbons (Fsp3) is 0.0556. The van der Waals surface area contributed by atoms with Crippen molar-refractivity contribution in [1.82, 2.24) is 0 Å². The van der Waals surface area contributed by atoms with Crippen molar-refractivity contribution in [3.63, 3.8) is 0 Å². The predicted molar refractivity (Wildman–Crippen MR) is 82.0 cm³/mol. The minimum Gasteiger partial charge on any atom is -0.372 e. The number of nitrogens with one attached hydrogen (secondary N) is 1. The number of anilines is 1. The van der Waals surface area contributed by atoms with Crippen LogP contribution < -0.4 is 5.32 Å². The van der Waals surface area contributed by atoms with Crippen molar-refractivity contribution in [2.75, 3.05) is 5.32 Å². The molecule has 102 valence electrons. The lowest BCUT2D eigenvalue weighted by Gasteiger charge is -2.23. The molecule has 21 heavy (non-hydrogen) atoms. The molecule has 1 heterocycles. The minimum absolute atomic E-state index is 0.403. The molecule has 1 aliphatic heterocycles. The zero-order chi connectivity index (χ0) is 14.4. The summed E-state index contributed by atoms with van der Waals surface area (Å²) in [6, 6.07) is 20.7. The van der Waals surface area contributed by atoms with Crippen molar-refractivity contribution in [3.8, 4) is 0 Å². The van der Waals surface area contributed by atoms with Crippen molar-refractivity contribution in [2.24, 2.45) is 0 Å². The van der Waals surface area contributed by atoms with E-state index in [1.165, 1.54) is 0 Å². The van der Waals surface area contributed by atoms with E-state index < -0.39 is 11.5 Å². The van der Waals surface area contributed by atoms with E-state index in [0.29, 0.717) is 16.8 Å². The van der Waals surface area contributed by atoms with Crippen LogP contribution in [0.15, 0.2) is 66.7 Å². The summed E-state index contributed by atoms with van der Waals surface area (Å²) in [5.41, 5.74) is 0.240. The predicted octanol–water partition coefficient (Wildman–Crippen LogP) is 3.03. The average molecular weight is 275 g/mol. The molecular weight excluding hydrogens is 262 g/mol. The van der Waals surface area contributed by atoms with Crippen LogP contribution in [0.4, 0.5) is 5.69 Å². The highest BCUT2D eigenvalue weighted by molar-refractivity contribution is 6.09. The molecule has 2 N–H and O–H groups in total. The molecule has 0 saturated carbocycles. The quantitative estimate of drug-likeness (QED) is 0.717. The molecule has 0 radical (unpaired) electrons. The summed E-state index contributed by atoms with van der Waals surface area (Å²) in [6.07, 6.45) is 0. The van der Waals surface area contributed by atoms with Gasteiger partial charge in [0.1, 0.15) is 0 Å². The lowest BCUT2D eigenvalue weighted by atomic mass is 9.84. The van der Waals surface area contributed by atoms with E-state index in [-0.39, 0.29) is 0 Å². The molecule has 3 nitrogen and oxygen atoms in total. The third-order valence-corrected chi connectivity index (χ3v) is 4.07. The molecule has 0 spiro atoms. The van der Waals surface area contributed by atoms with Crippen molar-refractivity contribution >= 4 is 22.4 Å². The SMILES string of the molecule is O=C1Nc2ccccc2C1(O)c1cccc2ccccc12. The molecule has 3 aromatic rings. The van der Waals surface area contributed by atoms with Crippen LogP contribution in [-0.4, -0.2) is 11.0 Å². The number of carbonyl (C=O) groups excluding carboxylic acids is 1. The highest BCUT2D eigenvalue weighted by Gasteiger charge is 2.47. The Morgan fingerprint density at radius 2 is 1.48 bits per heavy atom. The van der Waals surface area contributed by atoms with Gasteiger partial charge < -0.3 is 10.4 Å². The van der Waals surface area contributed by atoms with Crippen molar-refractivity contribution in [3.05, 3.63) is 77.9 Å². The number of hydrogen-bond donors (Lipinski definition) is 2. The zero-order valence-electron chi connectivity index (χ0n) is 11.2. The maximum absolute atomic E-state index is 12.4. The molecule has 3 aromatic carbocycles. The fourth-order valence-corrected chi connectivity index (χ4v) is 3.05. The van der Waals surface area contributed by atoms with Crippen LogP contribution in [0.25, 0.3) is 10.8 Å². The van der Waals surface area contributed by atoms with Gasteiger partial charge in [-0.1, -0.05) is 60.7 Å². The van der Waals surface area contributed by atoms with Crippen molar-refractivity contribution < 1.29 is 9.90 Å². The Balaban J connectivity index is 2.06. The van der Waals surface area contributed by atoms with E-state index in [1.54, 1.807) is 12.1 Å². The molecule has 0 aromatic heterocycles. The van der Waals surface area contributed by atoms with Gasteiger partial charge in [-0.05, 0) is 16.8 Å². The summed E-state index contributed by atoms with van der Waals surface area (Å²) in [7, 11) is 0. The zero-order valence-corrected chi connectivity index (χ0v) is 11.2. The van der Waals surface area contributed by atoms with E-state index >= 15 is 0 Å². The van der Waals surface area contributed by atoms with Gasteiger partial charge in [-0.15, -0.1) is 0 Å². The maximum atomic E-state index is 12.4. The number of aliphatic hydroxyl groups is 1. The monoisotopic (exact) mass is 275 g/mol. The van der Waals surface area contributed by atoms with Crippen molar-refractivity contribution in [2.45, 2.75) is 5.60 Å². The second kappa shape index (κ2) is 4.17. The number of benzene rings is 3. The van der Waals surface area contributed by atoms with Crippen LogP contribution in [-0.2, 0) is 10.4 Å². The van der Waals surface area contributed by atoms with Gasteiger partial charge in [-0.3, -0.25) is 4.79 Å². The van der Waals surface area contributed by atoms with Crippen LogP contribution in [0.1, 0.15) is 11.1 Å². The highest BCUT2D eigenvalue weighted by atomic mass is 16.3. The van der Waals surface area contributed by atoms with Gasteiger partial charge in [0.25, 0.3) is 5.91 Å². The molecule has 4 rings (SSSR count). The molecule has 0 aliphatic carbocycles. The molecule has 1 unspecified atom stereocenters. The van der Waals surface area contributed by atoms with Gasteiger partial charge in [-0.25, -0.2) is 0 Å². The van der Waals surface area contributed by atoms with E-state index in [2.05, 4.69) is 5.32 Å². The fourth-order valence-electron chi connectivity index (χ4n) is 3.05. The van der Waals surface area contributed by atoms with Crippen LogP contribution in [0, 0.1) is 0 Å². The van der Waals surface area contributed by atoms with Gasteiger partial charge in [0.2, 0.25) is 0 Å². The maximum Gasteiger partial charge on any atom is 0.265 e. The van der Waals surface area contributed by atoms with E-state index in [1.807, 2.05) is 54.6 Å². The first-order valence-corrected chi connectivity index (χ1v) is 6.83. The summed E-state index contributed by atoms with van der Waals surface area (Å²) in [4.78, 5) is 12.4. The lowest BCUT2D eigenvalue weighted by molar-refractivity contribution is -0.129. The number of amides is 1. The number of fused-ring (bicyclic) bond motifs is 2. The van der Waals surface area contributed by atoms with Crippen LogP contribution >= 0.6 is 0 Å². The second-order valence-electron chi connectivity index (χ2n) is 5.24. The lowest BCUT2D eigenvalue weighted by Crippen LogP contribution is -2.35. The van der Waals surface area contributed by atoms with Gasteiger partial charge >= 0.3 is 0 Å². The van der Waals surface area contributed by atoms with Crippen LogP contribution in [0.3, 0.4) is 0 Å². The molecule has 3 heteroatoms. The number of rotatable bonds is 1. The summed E-state index contributed by atoms with van der Waals surface area (Å²) in [5, 5.41) is 15.8. The largest absolute Gasteiger partial charge is 0.372 e. The third kappa shape index (κ3) is 1.55.